The van der Waals surface area contributed by atoms with Gasteiger partial charge in [-0.25, -0.2) is 0 Å². The largest absolute Gasteiger partial charge is 0.453 e. The molecule has 0 aliphatic rings. The van der Waals surface area contributed by atoms with E-state index < -0.39 is 0 Å². The number of ether oxygens (including phenoxy) is 1. The predicted octanol–water partition coefficient (Wildman–Crippen LogP) is 2.63. The van der Waals surface area contributed by atoms with E-state index in [0.29, 0.717) is 31.2 Å². The molecule has 124 valence electrons. The first-order valence-electron chi connectivity index (χ1n) is 7.65. The molecule has 0 saturated heterocycles. The SMILES string of the molecule is COCc1ccc(C(=O)N(CCN(C)C)Cc2ccccc2)o1. The summed E-state index contributed by atoms with van der Waals surface area (Å²) in [5.74, 6) is 0.910. The van der Waals surface area contributed by atoms with Crippen LogP contribution in [0.15, 0.2) is 46.9 Å². The van der Waals surface area contributed by atoms with Crippen LogP contribution in [0.1, 0.15) is 21.9 Å². The van der Waals surface area contributed by atoms with Crippen molar-refractivity contribution in [1.29, 1.82) is 0 Å². The van der Waals surface area contributed by atoms with Crippen molar-refractivity contribution in [2.75, 3.05) is 34.3 Å². The molecule has 0 atom stereocenters. The molecule has 1 amide bonds. The molecule has 0 bridgehead atoms. The Balaban J connectivity index is 2.12. The number of furan rings is 1. The average molecular weight is 316 g/mol. The topological polar surface area (TPSA) is 45.9 Å². The fourth-order valence-corrected chi connectivity index (χ4v) is 2.25. The number of benzene rings is 1. The van der Waals surface area contributed by atoms with Crippen LogP contribution in [0, 0.1) is 0 Å². The smallest absolute Gasteiger partial charge is 0.289 e. The van der Waals surface area contributed by atoms with E-state index in [4.69, 9.17) is 9.15 Å². The fourth-order valence-electron chi connectivity index (χ4n) is 2.25. The molecule has 2 rings (SSSR count). The molecule has 0 fully saturated rings. The van der Waals surface area contributed by atoms with Crippen molar-refractivity contribution in [2.24, 2.45) is 0 Å². The summed E-state index contributed by atoms with van der Waals surface area (Å²) in [5, 5.41) is 0. The number of likely N-dealkylation sites (N-methyl/N-ethyl adjacent to an activating group) is 1. The number of amides is 1. The lowest BCUT2D eigenvalue weighted by molar-refractivity contribution is 0.0692. The van der Waals surface area contributed by atoms with E-state index in [1.165, 1.54) is 0 Å². The fraction of sp³-hybridized carbons (Fsp3) is 0.389. The first kappa shape index (κ1) is 17.2. The van der Waals surface area contributed by atoms with Gasteiger partial charge >= 0.3 is 0 Å². The summed E-state index contributed by atoms with van der Waals surface area (Å²) in [5.41, 5.74) is 1.10. The maximum atomic E-state index is 12.8. The molecule has 0 aliphatic heterocycles. The van der Waals surface area contributed by atoms with E-state index in [-0.39, 0.29) is 5.91 Å². The van der Waals surface area contributed by atoms with Gasteiger partial charge in [-0.05, 0) is 31.8 Å². The third-order valence-corrected chi connectivity index (χ3v) is 3.48. The Bertz CT molecular complexity index is 608. The van der Waals surface area contributed by atoms with Gasteiger partial charge in [0, 0.05) is 26.7 Å². The zero-order valence-electron chi connectivity index (χ0n) is 14.0. The summed E-state index contributed by atoms with van der Waals surface area (Å²) >= 11 is 0. The lowest BCUT2D eigenvalue weighted by Crippen LogP contribution is -2.36. The summed E-state index contributed by atoms with van der Waals surface area (Å²) in [4.78, 5) is 16.6. The van der Waals surface area contributed by atoms with Crippen LogP contribution in [0.2, 0.25) is 0 Å². The Morgan fingerprint density at radius 2 is 1.83 bits per heavy atom. The Kier molecular flexibility index (Phi) is 6.38. The van der Waals surface area contributed by atoms with E-state index in [1.807, 2.05) is 49.3 Å². The molecule has 5 nitrogen and oxygen atoms in total. The van der Waals surface area contributed by atoms with E-state index >= 15 is 0 Å². The van der Waals surface area contributed by atoms with Gasteiger partial charge in [0.1, 0.15) is 12.4 Å². The standard InChI is InChI=1S/C18H24N2O3/c1-19(2)11-12-20(13-15-7-5-4-6-8-15)18(21)17-10-9-16(23-17)14-22-3/h4-10H,11-14H2,1-3H3. The highest BCUT2D eigenvalue weighted by Gasteiger charge is 2.19. The summed E-state index contributed by atoms with van der Waals surface area (Å²) in [6, 6.07) is 13.5. The minimum Gasteiger partial charge on any atom is -0.453 e. The zero-order chi connectivity index (χ0) is 16.7. The summed E-state index contributed by atoms with van der Waals surface area (Å²) in [7, 11) is 5.59. The third kappa shape index (κ3) is 5.23. The molecule has 0 saturated carbocycles. The normalized spacial score (nSPS) is 11.0. The third-order valence-electron chi connectivity index (χ3n) is 3.48. The Labute approximate surface area is 137 Å². The molecule has 5 heteroatoms. The number of carbonyl (C=O) groups excluding carboxylic acids is 1. The number of hydrogen-bond acceptors (Lipinski definition) is 4. The second-order valence-electron chi connectivity index (χ2n) is 5.71. The molecule has 2 aromatic rings. The van der Waals surface area contributed by atoms with Crippen molar-refractivity contribution < 1.29 is 13.9 Å². The van der Waals surface area contributed by atoms with Gasteiger partial charge in [-0.2, -0.15) is 0 Å². The lowest BCUT2D eigenvalue weighted by atomic mass is 10.2. The van der Waals surface area contributed by atoms with Gasteiger partial charge in [0.05, 0.1) is 0 Å². The molecule has 0 radical (unpaired) electrons. The second kappa shape index (κ2) is 8.50. The summed E-state index contributed by atoms with van der Waals surface area (Å²) in [6.45, 7) is 2.36. The van der Waals surface area contributed by atoms with Crippen molar-refractivity contribution in [1.82, 2.24) is 9.80 Å². The number of nitrogens with zero attached hydrogens (tertiary/aromatic N) is 2. The maximum absolute atomic E-state index is 12.8. The Hall–Kier alpha value is -2.11. The van der Waals surface area contributed by atoms with Gasteiger partial charge in [-0.15, -0.1) is 0 Å². The Morgan fingerprint density at radius 1 is 1.09 bits per heavy atom. The zero-order valence-corrected chi connectivity index (χ0v) is 14.0. The number of rotatable bonds is 8. The molecule has 0 aliphatic carbocycles. The van der Waals surface area contributed by atoms with Gasteiger partial charge in [-0.3, -0.25) is 4.79 Å². The van der Waals surface area contributed by atoms with Crippen molar-refractivity contribution in [3.8, 4) is 0 Å². The molecular formula is C18H24N2O3. The highest BCUT2D eigenvalue weighted by Crippen LogP contribution is 2.14. The molecule has 1 heterocycles. The number of carbonyl (C=O) groups is 1. The van der Waals surface area contributed by atoms with E-state index in [2.05, 4.69) is 4.90 Å². The van der Waals surface area contributed by atoms with Crippen LogP contribution >= 0.6 is 0 Å². The van der Waals surface area contributed by atoms with Crippen molar-refractivity contribution in [3.63, 3.8) is 0 Å². The molecule has 23 heavy (non-hydrogen) atoms. The van der Waals surface area contributed by atoms with Gasteiger partial charge in [-0.1, -0.05) is 30.3 Å². The summed E-state index contributed by atoms with van der Waals surface area (Å²) in [6.07, 6.45) is 0. The van der Waals surface area contributed by atoms with E-state index in [9.17, 15) is 4.79 Å². The Morgan fingerprint density at radius 3 is 2.48 bits per heavy atom. The van der Waals surface area contributed by atoms with Gasteiger partial charge < -0.3 is 19.0 Å². The van der Waals surface area contributed by atoms with Crippen LogP contribution < -0.4 is 0 Å². The van der Waals surface area contributed by atoms with Crippen LogP contribution in [0.3, 0.4) is 0 Å². The highest BCUT2D eigenvalue weighted by molar-refractivity contribution is 5.91. The highest BCUT2D eigenvalue weighted by atomic mass is 16.5. The molecule has 1 aromatic heterocycles. The summed E-state index contributed by atoms with van der Waals surface area (Å²) < 4.78 is 10.6. The second-order valence-corrected chi connectivity index (χ2v) is 5.71. The molecular weight excluding hydrogens is 292 g/mol. The van der Waals surface area contributed by atoms with E-state index in [0.717, 1.165) is 12.1 Å². The van der Waals surface area contributed by atoms with Gasteiger partial charge in [0.2, 0.25) is 0 Å². The van der Waals surface area contributed by atoms with Crippen molar-refractivity contribution >= 4 is 5.91 Å². The minimum absolute atomic E-state index is 0.0990. The average Bonchev–Trinajstić information content (AvgIpc) is 3.00. The predicted molar refractivity (Wildman–Crippen MR) is 89.2 cm³/mol. The molecule has 0 spiro atoms. The van der Waals surface area contributed by atoms with Gasteiger partial charge in [0.15, 0.2) is 5.76 Å². The lowest BCUT2D eigenvalue weighted by Gasteiger charge is -2.23. The quantitative estimate of drug-likeness (QED) is 0.751. The first-order valence-corrected chi connectivity index (χ1v) is 7.65. The molecule has 0 unspecified atom stereocenters. The minimum atomic E-state index is -0.0990. The molecule has 0 N–H and O–H groups in total. The van der Waals surface area contributed by atoms with Crippen LogP contribution in [0.25, 0.3) is 0 Å². The van der Waals surface area contributed by atoms with Crippen molar-refractivity contribution in [3.05, 3.63) is 59.5 Å². The maximum Gasteiger partial charge on any atom is 0.289 e. The van der Waals surface area contributed by atoms with Crippen LogP contribution in [0.5, 0.6) is 0 Å². The number of methoxy groups -OCH3 is 1. The number of hydrogen-bond donors (Lipinski definition) is 0. The van der Waals surface area contributed by atoms with Crippen LogP contribution in [-0.4, -0.2) is 50.0 Å². The van der Waals surface area contributed by atoms with Crippen LogP contribution in [-0.2, 0) is 17.9 Å². The monoisotopic (exact) mass is 316 g/mol. The van der Waals surface area contributed by atoms with Crippen LogP contribution in [0.4, 0.5) is 0 Å². The van der Waals surface area contributed by atoms with Gasteiger partial charge in [0.25, 0.3) is 5.91 Å². The van der Waals surface area contributed by atoms with E-state index in [1.54, 1.807) is 19.2 Å². The van der Waals surface area contributed by atoms with Crippen molar-refractivity contribution in [2.45, 2.75) is 13.2 Å². The first-order chi connectivity index (χ1) is 11.1. The molecule has 1 aromatic carbocycles.